The number of halogens is 5. The van der Waals surface area contributed by atoms with Gasteiger partial charge in [0.25, 0.3) is 5.78 Å². The van der Waals surface area contributed by atoms with Crippen LogP contribution in [0.1, 0.15) is 16.8 Å². The third-order valence-electron chi connectivity index (χ3n) is 7.61. The number of carbonyl (C=O) groups is 3. The van der Waals surface area contributed by atoms with E-state index < -0.39 is 59.0 Å². The molecule has 0 saturated heterocycles. The maximum Gasteiger partial charge on any atom is 0.379 e. The quantitative estimate of drug-likeness (QED) is 0.0138. The van der Waals surface area contributed by atoms with Crippen LogP contribution in [-0.2, 0) is 71.2 Å². The normalized spacial score (nSPS) is 11.3. The topological polar surface area (TPSA) is 180 Å². The molecule has 22 heteroatoms. The molecule has 0 spiro atoms. The lowest BCUT2D eigenvalue weighted by Gasteiger charge is -2.09. The molecule has 63 heavy (non-hydrogen) atoms. The summed E-state index contributed by atoms with van der Waals surface area (Å²) in [5, 5.41) is 0. The number of benzene rings is 2. The molecule has 0 aliphatic rings. The Bertz CT molecular complexity index is 1480. The van der Waals surface area contributed by atoms with Crippen LogP contribution in [0.4, 0.5) is 22.0 Å². The summed E-state index contributed by atoms with van der Waals surface area (Å²) in [6, 6.07) is 8.19. The van der Waals surface area contributed by atoms with Crippen molar-refractivity contribution in [1.82, 2.24) is 0 Å². The van der Waals surface area contributed by atoms with Crippen LogP contribution in [0.15, 0.2) is 30.3 Å². The summed E-state index contributed by atoms with van der Waals surface area (Å²) in [7, 11) is 0. The molecule has 17 nitrogen and oxygen atoms in total. The van der Waals surface area contributed by atoms with E-state index in [-0.39, 0.29) is 45.2 Å². The standard InChI is InChI=1S/C41H57F5O17/c42-34-35(43)37(45)40(38(46)36(34)44)63-33(47)6-7-50-8-9-51-10-11-52-12-13-53-14-15-54-16-17-55-18-19-56-20-21-57-22-23-58-24-25-59-26-27-60-28-29-61-30-31-62-41(49)39(48)32-4-2-1-3-5-32/h1-5H,6-31H2. The number of hydrogen-bond acceptors (Lipinski definition) is 17. The van der Waals surface area contributed by atoms with E-state index in [0.717, 1.165) is 0 Å². The molecule has 2 aromatic rings. The predicted octanol–water partition coefficient (Wildman–Crippen LogP) is 3.30. The fourth-order valence-corrected chi connectivity index (χ4v) is 4.48. The minimum absolute atomic E-state index is 0.0254. The van der Waals surface area contributed by atoms with Gasteiger partial charge in [-0.05, 0) is 0 Å². The summed E-state index contributed by atoms with van der Waals surface area (Å²) in [4.78, 5) is 35.3. The van der Waals surface area contributed by atoms with Crippen LogP contribution in [-0.4, -0.2) is 183 Å². The van der Waals surface area contributed by atoms with E-state index in [9.17, 15) is 36.3 Å². The Morgan fingerprint density at radius 1 is 0.349 bits per heavy atom. The number of Topliss-reactive ketones (excluding diaryl/α,β-unsaturated/α-hetero) is 1. The largest absolute Gasteiger partial charge is 0.457 e. The van der Waals surface area contributed by atoms with E-state index in [2.05, 4.69) is 4.74 Å². The molecule has 358 valence electrons. The molecule has 0 aliphatic carbocycles. The minimum Gasteiger partial charge on any atom is -0.457 e. The van der Waals surface area contributed by atoms with Crippen LogP contribution in [0.3, 0.4) is 0 Å². The van der Waals surface area contributed by atoms with Crippen LogP contribution in [0.25, 0.3) is 0 Å². The molecule has 0 N–H and O–H groups in total. The molecular formula is C41H57F5O17. The van der Waals surface area contributed by atoms with Crippen LogP contribution >= 0.6 is 0 Å². The van der Waals surface area contributed by atoms with Gasteiger partial charge in [0.05, 0.1) is 165 Å². The van der Waals surface area contributed by atoms with E-state index in [0.29, 0.717) is 126 Å². The molecular weight excluding hydrogens is 859 g/mol. The van der Waals surface area contributed by atoms with Crippen molar-refractivity contribution in [3.8, 4) is 5.75 Å². The number of carbonyl (C=O) groups excluding carboxylic acids is 3. The highest BCUT2D eigenvalue weighted by atomic mass is 19.2. The van der Waals surface area contributed by atoms with Crippen molar-refractivity contribution < 1.29 is 103 Å². The Kier molecular flexibility index (Phi) is 33.0. The number of rotatable bonds is 42. The highest BCUT2D eigenvalue weighted by Crippen LogP contribution is 2.29. The molecule has 0 unspecified atom stereocenters. The summed E-state index contributed by atoms with van der Waals surface area (Å²) in [5.74, 6) is -15.8. The fraction of sp³-hybridized carbons (Fsp3) is 0.634. The Balaban J connectivity index is 1.18. The highest BCUT2D eigenvalue weighted by molar-refractivity contribution is 6.40. The summed E-state index contributed by atoms with van der Waals surface area (Å²) < 4.78 is 140. The molecule has 0 bridgehead atoms. The van der Waals surface area contributed by atoms with Crippen molar-refractivity contribution in [1.29, 1.82) is 0 Å². The smallest absolute Gasteiger partial charge is 0.379 e. The first-order valence-electron chi connectivity index (χ1n) is 20.2. The Morgan fingerprint density at radius 2 is 0.619 bits per heavy atom. The Labute approximate surface area is 362 Å². The van der Waals surface area contributed by atoms with E-state index in [1.807, 2.05) is 0 Å². The molecule has 0 fully saturated rings. The van der Waals surface area contributed by atoms with Crippen molar-refractivity contribution >= 4 is 17.7 Å². The van der Waals surface area contributed by atoms with Gasteiger partial charge in [-0.15, -0.1) is 0 Å². The SMILES string of the molecule is O=C(CCOCCOCCOCCOCCOCCOCCOCCOCCOCCOCCOCCOCCOC(=O)C(=O)c1ccccc1)Oc1c(F)c(F)c(F)c(F)c1F. The Morgan fingerprint density at radius 3 is 0.937 bits per heavy atom. The van der Waals surface area contributed by atoms with Crippen molar-refractivity contribution in [3.05, 3.63) is 65.0 Å². The van der Waals surface area contributed by atoms with Gasteiger partial charge in [-0.2, -0.15) is 8.78 Å². The van der Waals surface area contributed by atoms with Gasteiger partial charge in [0.15, 0.2) is 0 Å². The van der Waals surface area contributed by atoms with Gasteiger partial charge in [-0.1, -0.05) is 30.3 Å². The molecule has 0 aliphatic heterocycles. The zero-order valence-electron chi connectivity index (χ0n) is 35.1. The van der Waals surface area contributed by atoms with Gasteiger partial charge in [-0.25, -0.2) is 18.0 Å². The van der Waals surface area contributed by atoms with Gasteiger partial charge in [0.2, 0.25) is 34.8 Å². The second-order valence-electron chi connectivity index (χ2n) is 12.3. The van der Waals surface area contributed by atoms with Gasteiger partial charge in [-0.3, -0.25) is 9.59 Å². The maximum atomic E-state index is 13.6. The molecule has 0 saturated carbocycles. The van der Waals surface area contributed by atoms with Crippen molar-refractivity contribution in [2.24, 2.45) is 0 Å². The van der Waals surface area contributed by atoms with Crippen molar-refractivity contribution in [2.75, 3.05) is 165 Å². The second-order valence-corrected chi connectivity index (χ2v) is 12.3. The zero-order valence-corrected chi connectivity index (χ0v) is 35.1. The average Bonchev–Trinajstić information content (AvgIpc) is 3.29. The summed E-state index contributed by atoms with van der Waals surface area (Å²) in [6.07, 6.45) is -0.496. The van der Waals surface area contributed by atoms with Crippen LogP contribution < -0.4 is 4.74 Å². The number of esters is 2. The third-order valence-corrected chi connectivity index (χ3v) is 7.61. The molecule has 0 amide bonds. The highest BCUT2D eigenvalue weighted by Gasteiger charge is 2.28. The lowest BCUT2D eigenvalue weighted by atomic mass is 10.1. The lowest BCUT2D eigenvalue weighted by Crippen LogP contribution is -2.20. The maximum absolute atomic E-state index is 13.6. The summed E-state index contributed by atoms with van der Waals surface area (Å²) in [6.45, 7) is 7.85. The number of ether oxygens (including phenoxy) is 14. The lowest BCUT2D eigenvalue weighted by molar-refractivity contribution is -0.139. The molecule has 0 aromatic heterocycles. The number of ketones is 1. The van der Waals surface area contributed by atoms with E-state index in [1.54, 1.807) is 30.3 Å². The molecule has 0 radical (unpaired) electrons. The van der Waals surface area contributed by atoms with Crippen molar-refractivity contribution in [2.45, 2.75) is 6.42 Å². The second kappa shape index (κ2) is 37.6. The van der Waals surface area contributed by atoms with Crippen LogP contribution in [0, 0.1) is 29.1 Å². The monoisotopic (exact) mass is 916 g/mol. The minimum atomic E-state index is -2.35. The average molecular weight is 917 g/mol. The Hall–Kier alpha value is -3.78. The van der Waals surface area contributed by atoms with E-state index >= 15 is 0 Å². The van der Waals surface area contributed by atoms with Gasteiger partial charge >= 0.3 is 11.9 Å². The van der Waals surface area contributed by atoms with Gasteiger partial charge < -0.3 is 66.3 Å². The van der Waals surface area contributed by atoms with Crippen molar-refractivity contribution in [3.63, 3.8) is 0 Å². The molecule has 0 atom stereocenters. The molecule has 0 heterocycles. The zero-order chi connectivity index (χ0) is 45.6. The van der Waals surface area contributed by atoms with E-state index in [4.69, 9.17) is 61.6 Å². The van der Waals surface area contributed by atoms with Gasteiger partial charge in [0, 0.05) is 5.56 Å². The first kappa shape index (κ1) is 55.4. The molecule has 2 aromatic carbocycles. The van der Waals surface area contributed by atoms with Gasteiger partial charge in [0.1, 0.15) is 6.61 Å². The summed E-state index contributed by atoms with van der Waals surface area (Å²) >= 11 is 0. The summed E-state index contributed by atoms with van der Waals surface area (Å²) in [5.41, 5.74) is 0.278. The van der Waals surface area contributed by atoms with E-state index in [1.165, 1.54) is 0 Å². The number of hydrogen-bond donors (Lipinski definition) is 0. The molecule has 2 rings (SSSR count). The predicted molar refractivity (Wildman–Crippen MR) is 208 cm³/mol. The first-order chi connectivity index (χ1) is 30.7. The third kappa shape index (κ3) is 27.2. The van der Waals surface area contributed by atoms with Crippen LogP contribution in [0.2, 0.25) is 0 Å². The fourth-order valence-electron chi connectivity index (χ4n) is 4.48. The first-order valence-corrected chi connectivity index (χ1v) is 20.2. The van der Waals surface area contributed by atoms with Crippen LogP contribution in [0.5, 0.6) is 5.75 Å².